The van der Waals surface area contributed by atoms with Crippen molar-refractivity contribution in [3.05, 3.63) is 42.2 Å². The molecule has 0 unspecified atom stereocenters. The van der Waals surface area contributed by atoms with Crippen LogP contribution in [0.1, 0.15) is 37.8 Å². The van der Waals surface area contributed by atoms with Gasteiger partial charge >= 0.3 is 0 Å². The van der Waals surface area contributed by atoms with Crippen molar-refractivity contribution in [3.8, 4) is 5.75 Å². The van der Waals surface area contributed by atoms with Crippen molar-refractivity contribution in [2.24, 2.45) is 0 Å². The van der Waals surface area contributed by atoms with Crippen LogP contribution in [0, 0.1) is 0 Å². The van der Waals surface area contributed by atoms with Gasteiger partial charge in [0.2, 0.25) is 10.0 Å². The Morgan fingerprint density at radius 1 is 1.30 bits per heavy atom. The van der Waals surface area contributed by atoms with Gasteiger partial charge < -0.3 is 4.74 Å². The van der Waals surface area contributed by atoms with Crippen molar-refractivity contribution in [1.29, 1.82) is 0 Å². The first-order valence-corrected chi connectivity index (χ1v) is 10.3. The van der Waals surface area contributed by atoms with Gasteiger partial charge in [-0.25, -0.2) is 17.2 Å². The summed E-state index contributed by atoms with van der Waals surface area (Å²) in [6, 6.07) is 6.75. The molecule has 6 nitrogen and oxygen atoms in total. The summed E-state index contributed by atoms with van der Waals surface area (Å²) in [5.74, 6) is 0.630. The predicted octanol–water partition coefficient (Wildman–Crippen LogP) is 3.46. The summed E-state index contributed by atoms with van der Waals surface area (Å²) in [4.78, 5) is -0.0724. The summed E-state index contributed by atoms with van der Waals surface area (Å²) in [5, 5.41) is 3.78. The number of ether oxygens (including phenoxy) is 1. The smallest absolute Gasteiger partial charge is 0.257 e. The Bertz CT molecular complexity index is 885. The summed E-state index contributed by atoms with van der Waals surface area (Å²) in [7, 11) is -2.35. The molecule has 0 amide bonds. The van der Waals surface area contributed by atoms with E-state index in [-0.39, 0.29) is 17.0 Å². The second-order valence-electron chi connectivity index (χ2n) is 6.66. The predicted molar refractivity (Wildman–Crippen MR) is 96.3 cm³/mol. The summed E-state index contributed by atoms with van der Waals surface area (Å²) >= 11 is 0. The molecule has 0 spiro atoms. The van der Waals surface area contributed by atoms with Gasteiger partial charge in [0.1, 0.15) is 17.2 Å². The molecule has 0 bridgehead atoms. The monoisotopic (exact) mass is 399 g/mol. The Kier molecular flexibility index (Phi) is 5.81. The van der Waals surface area contributed by atoms with Gasteiger partial charge in [-0.15, -0.1) is 0 Å². The van der Waals surface area contributed by atoms with Crippen LogP contribution in [0.4, 0.5) is 8.78 Å². The van der Waals surface area contributed by atoms with Crippen LogP contribution >= 0.6 is 0 Å². The van der Waals surface area contributed by atoms with E-state index in [4.69, 9.17) is 4.74 Å². The van der Waals surface area contributed by atoms with E-state index >= 15 is 0 Å². The number of halogens is 2. The molecule has 1 saturated heterocycles. The van der Waals surface area contributed by atoms with Crippen LogP contribution in [0.15, 0.2) is 41.6 Å². The highest BCUT2D eigenvalue weighted by atomic mass is 32.2. The highest BCUT2D eigenvalue weighted by molar-refractivity contribution is 7.89. The molecule has 0 N–H and O–H groups in total. The zero-order chi connectivity index (χ0) is 19.6. The average molecular weight is 399 g/mol. The van der Waals surface area contributed by atoms with E-state index in [0.717, 1.165) is 29.3 Å². The molecular weight excluding hydrogens is 376 g/mol. The number of benzene rings is 1. The van der Waals surface area contributed by atoms with Gasteiger partial charge in [-0.1, -0.05) is 18.2 Å². The van der Waals surface area contributed by atoms with Gasteiger partial charge in [0.05, 0.1) is 19.3 Å². The maximum absolute atomic E-state index is 13.3. The van der Waals surface area contributed by atoms with Crippen LogP contribution in [0.2, 0.25) is 0 Å². The van der Waals surface area contributed by atoms with E-state index in [1.54, 1.807) is 13.2 Å². The molecule has 0 saturated carbocycles. The SMILES string of the molecule is COc1ccccc1[C@H]1CCC[C@@H](C)N1S(=O)(=O)c1cnn(CC(F)F)c1. The third-order valence-corrected chi connectivity index (χ3v) is 6.83. The normalized spacial score (nSPS) is 21.5. The minimum absolute atomic E-state index is 0.0724. The number of hydrogen-bond acceptors (Lipinski definition) is 4. The second kappa shape index (κ2) is 7.93. The number of aromatic nitrogens is 2. The molecule has 1 aromatic carbocycles. The van der Waals surface area contributed by atoms with Crippen molar-refractivity contribution >= 4 is 10.0 Å². The molecule has 3 rings (SSSR count). The number of methoxy groups -OCH3 is 1. The quantitative estimate of drug-likeness (QED) is 0.746. The van der Waals surface area contributed by atoms with E-state index < -0.39 is 23.0 Å². The minimum atomic E-state index is -3.90. The molecule has 0 radical (unpaired) electrons. The molecule has 27 heavy (non-hydrogen) atoms. The molecule has 1 fully saturated rings. The van der Waals surface area contributed by atoms with Gasteiger partial charge in [-0.05, 0) is 32.3 Å². The second-order valence-corrected chi connectivity index (χ2v) is 8.50. The van der Waals surface area contributed by atoms with Gasteiger partial charge in [-0.3, -0.25) is 4.68 Å². The van der Waals surface area contributed by atoms with Crippen molar-refractivity contribution in [2.45, 2.75) is 56.1 Å². The topological polar surface area (TPSA) is 64.4 Å². The van der Waals surface area contributed by atoms with Crippen molar-refractivity contribution in [2.75, 3.05) is 7.11 Å². The molecule has 148 valence electrons. The third kappa shape index (κ3) is 3.98. The first-order chi connectivity index (χ1) is 12.8. The van der Waals surface area contributed by atoms with Gasteiger partial charge in [-0.2, -0.15) is 9.40 Å². The Labute approximate surface area is 157 Å². The fourth-order valence-corrected chi connectivity index (χ4v) is 5.46. The van der Waals surface area contributed by atoms with E-state index in [9.17, 15) is 17.2 Å². The van der Waals surface area contributed by atoms with Crippen LogP contribution in [0.3, 0.4) is 0 Å². The molecule has 9 heteroatoms. The Morgan fingerprint density at radius 3 is 2.74 bits per heavy atom. The average Bonchev–Trinajstić information content (AvgIpc) is 3.10. The Balaban J connectivity index is 2.00. The molecule has 1 aliphatic rings. The summed E-state index contributed by atoms with van der Waals surface area (Å²) in [6.45, 7) is 1.23. The number of nitrogens with zero attached hydrogens (tertiary/aromatic N) is 3. The lowest BCUT2D eigenvalue weighted by atomic mass is 9.93. The number of hydrogen-bond donors (Lipinski definition) is 0. The molecule has 0 aliphatic carbocycles. The molecular formula is C18H23F2N3O3S. The Hall–Kier alpha value is -2.00. The molecule has 2 atom stereocenters. The lowest BCUT2D eigenvalue weighted by Crippen LogP contribution is -2.44. The molecule has 1 aromatic heterocycles. The highest BCUT2D eigenvalue weighted by Gasteiger charge is 2.40. The van der Waals surface area contributed by atoms with Crippen molar-refractivity contribution < 1.29 is 21.9 Å². The first kappa shape index (κ1) is 19.8. The van der Waals surface area contributed by atoms with Crippen LogP contribution in [-0.2, 0) is 16.6 Å². The Morgan fingerprint density at radius 2 is 2.04 bits per heavy atom. The fourth-order valence-electron chi connectivity index (χ4n) is 3.65. The van der Waals surface area contributed by atoms with Gasteiger partial charge in [0, 0.05) is 17.8 Å². The maximum Gasteiger partial charge on any atom is 0.257 e. The van der Waals surface area contributed by atoms with E-state index in [0.29, 0.717) is 12.2 Å². The lowest BCUT2D eigenvalue weighted by molar-refractivity contribution is 0.121. The van der Waals surface area contributed by atoms with Gasteiger partial charge in [0.25, 0.3) is 6.43 Å². The zero-order valence-corrected chi connectivity index (χ0v) is 16.1. The van der Waals surface area contributed by atoms with Crippen molar-refractivity contribution in [3.63, 3.8) is 0 Å². The molecule has 2 heterocycles. The van der Waals surface area contributed by atoms with Crippen molar-refractivity contribution in [1.82, 2.24) is 14.1 Å². The fraction of sp³-hybridized carbons (Fsp3) is 0.500. The molecule has 2 aromatic rings. The van der Waals surface area contributed by atoms with Crippen LogP contribution in [-0.4, -0.2) is 42.1 Å². The van der Waals surface area contributed by atoms with Gasteiger partial charge in [0.15, 0.2) is 0 Å². The highest BCUT2D eigenvalue weighted by Crippen LogP contribution is 2.41. The van der Waals surface area contributed by atoms with E-state index in [1.807, 2.05) is 25.1 Å². The third-order valence-electron chi connectivity index (χ3n) is 4.85. The number of rotatable bonds is 6. The maximum atomic E-state index is 13.3. The largest absolute Gasteiger partial charge is 0.496 e. The van der Waals surface area contributed by atoms with E-state index in [2.05, 4.69) is 5.10 Å². The van der Waals surface area contributed by atoms with E-state index in [1.165, 1.54) is 10.5 Å². The number of alkyl halides is 2. The van der Waals surface area contributed by atoms with Crippen LogP contribution in [0.5, 0.6) is 5.75 Å². The minimum Gasteiger partial charge on any atom is -0.496 e. The summed E-state index contributed by atoms with van der Waals surface area (Å²) in [5.41, 5.74) is 0.801. The lowest BCUT2D eigenvalue weighted by Gasteiger charge is -2.39. The number of piperidine rings is 1. The number of para-hydroxylation sites is 1. The standard InChI is InChI=1S/C18H23F2N3O3S/c1-13-6-5-8-16(15-7-3-4-9-17(15)26-2)23(13)27(24,25)14-10-21-22(11-14)12-18(19)20/h3-4,7,9-11,13,16,18H,5-6,8,12H2,1-2H3/t13-,16-/m1/s1. The zero-order valence-electron chi connectivity index (χ0n) is 15.3. The summed E-state index contributed by atoms with van der Waals surface area (Å²) in [6.07, 6.45) is 1.99. The summed E-state index contributed by atoms with van der Waals surface area (Å²) < 4.78 is 59.7. The van der Waals surface area contributed by atoms with Crippen LogP contribution < -0.4 is 4.74 Å². The first-order valence-electron chi connectivity index (χ1n) is 8.81. The van der Waals surface area contributed by atoms with Crippen LogP contribution in [0.25, 0.3) is 0 Å². The molecule has 1 aliphatic heterocycles. The number of sulfonamides is 1.